The van der Waals surface area contributed by atoms with Crippen LogP contribution in [-0.4, -0.2) is 24.0 Å². The monoisotopic (exact) mass is 471 g/mol. The summed E-state index contributed by atoms with van der Waals surface area (Å²) in [6, 6.07) is 7.06. The first-order valence-electron chi connectivity index (χ1n) is 12.7. The molecular formula is C28H45N3OS. The van der Waals surface area contributed by atoms with E-state index in [1.54, 1.807) is 11.3 Å². The van der Waals surface area contributed by atoms with Crippen molar-refractivity contribution >= 4 is 22.4 Å². The Bertz CT molecular complexity index is 894. The summed E-state index contributed by atoms with van der Waals surface area (Å²) in [5.41, 5.74) is 10.8. The van der Waals surface area contributed by atoms with Gasteiger partial charge in [-0.2, -0.15) is 0 Å². The minimum Gasteiger partial charge on any atom is -0.370 e. The topological polar surface area (TPSA) is 59.2 Å². The van der Waals surface area contributed by atoms with Crippen LogP contribution in [0.25, 0.3) is 11.3 Å². The maximum absolute atomic E-state index is 9.98. The molecule has 1 aliphatic rings. The molecule has 0 saturated carbocycles. The number of benzene rings is 1. The third kappa shape index (κ3) is 7.30. The smallest absolute Gasteiger partial charge is 0.217 e. The molecule has 33 heavy (non-hydrogen) atoms. The van der Waals surface area contributed by atoms with Crippen molar-refractivity contribution in [2.75, 3.05) is 18.0 Å². The van der Waals surface area contributed by atoms with Crippen molar-refractivity contribution in [2.24, 2.45) is 5.73 Å². The highest BCUT2D eigenvalue weighted by Gasteiger charge is 2.37. The van der Waals surface area contributed by atoms with Gasteiger partial charge in [-0.25, -0.2) is 4.98 Å². The van der Waals surface area contributed by atoms with E-state index in [0.717, 1.165) is 44.5 Å². The lowest BCUT2D eigenvalue weighted by atomic mass is 9.63. The molecule has 2 N–H and O–H groups in total. The molecule has 0 fully saturated rings. The van der Waals surface area contributed by atoms with Crippen LogP contribution >= 0.6 is 11.3 Å². The van der Waals surface area contributed by atoms with Gasteiger partial charge in [-0.15, -0.1) is 11.3 Å². The van der Waals surface area contributed by atoms with Gasteiger partial charge in [0.25, 0.3) is 0 Å². The molecule has 1 heterocycles. The van der Waals surface area contributed by atoms with Crippen molar-refractivity contribution in [3.05, 3.63) is 34.7 Å². The number of primary amides is 1. The molecule has 1 aromatic heterocycles. The number of rotatable bonds is 9. The first-order valence-corrected chi connectivity index (χ1v) is 13.6. The van der Waals surface area contributed by atoms with E-state index in [-0.39, 0.29) is 16.7 Å². The highest BCUT2D eigenvalue weighted by Crippen LogP contribution is 2.46. The Morgan fingerprint density at radius 1 is 1.00 bits per heavy atom. The Labute approximate surface area is 206 Å². The number of hydrogen-bond acceptors (Lipinski definition) is 4. The molecule has 0 atom stereocenters. The van der Waals surface area contributed by atoms with E-state index in [4.69, 9.17) is 10.7 Å². The van der Waals surface area contributed by atoms with Gasteiger partial charge in [-0.3, -0.25) is 4.79 Å². The SMILES string of the molecule is CCCCC(N)=O.CCCN(CCC)c1nc(-c2ccc3c(c2)C(C)(C)CCC3(C)C)cs1. The van der Waals surface area contributed by atoms with Gasteiger partial charge in [-0.05, 0) is 60.1 Å². The minimum atomic E-state index is -0.193. The molecule has 0 aliphatic heterocycles. The maximum atomic E-state index is 9.98. The van der Waals surface area contributed by atoms with Gasteiger partial charge >= 0.3 is 0 Å². The van der Waals surface area contributed by atoms with Crippen molar-refractivity contribution in [3.63, 3.8) is 0 Å². The molecule has 0 saturated heterocycles. The Balaban J connectivity index is 0.000000479. The van der Waals surface area contributed by atoms with Crippen molar-refractivity contribution in [2.45, 2.75) is 104 Å². The summed E-state index contributed by atoms with van der Waals surface area (Å²) in [6.45, 7) is 18.2. The molecule has 2 aromatic rings. The van der Waals surface area contributed by atoms with E-state index in [9.17, 15) is 4.79 Å². The van der Waals surface area contributed by atoms with Crippen LogP contribution in [0.4, 0.5) is 5.13 Å². The summed E-state index contributed by atoms with van der Waals surface area (Å²) < 4.78 is 0. The first-order chi connectivity index (χ1) is 15.6. The van der Waals surface area contributed by atoms with E-state index in [1.165, 1.54) is 34.7 Å². The Kier molecular flexibility index (Phi) is 9.96. The highest BCUT2D eigenvalue weighted by atomic mass is 32.1. The maximum Gasteiger partial charge on any atom is 0.217 e. The van der Waals surface area contributed by atoms with Crippen LogP contribution in [0.3, 0.4) is 0 Å². The van der Waals surface area contributed by atoms with E-state index in [0.29, 0.717) is 6.42 Å². The quantitative estimate of drug-likeness (QED) is 0.413. The molecule has 3 rings (SSSR count). The second-order valence-electron chi connectivity index (χ2n) is 10.6. The molecule has 0 bridgehead atoms. The number of fused-ring (bicyclic) bond motifs is 1. The number of nitrogens with zero attached hydrogens (tertiary/aromatic N) is 2. The molecular weight excluding hydrogens is 426 g/mol. The average molecular weight is 472 g/mol. The van der Waals surface area contributed by atoms with Crippen LogP contribution in [0, 0.1) is 0 Å². The molecule has 0 spiro atoms. The zero-order valence-electron chi connectivity index (χ0n) is 22.0. The van der Waals surface area contributed by atoms with Crippen molar-refractivity contribution in [1.29, 1.82) is 0 Å². The number of amides is 1. The summed E-state index contributed by atoms with van der Waals surface area (Å²) in [6.07, 6.45) is 7.35. The van der Waals surface area contributed by atoms with E-state index in [2.05, 4.69) is 70.0 Å². The fourth-order valence-electron chi connectivity index (χ4n) is 4.48. The number of nitrogens with two attached hydrogens (primary N) is 1. The summed E-state index contributed by atoms with van der Waals surface area (Å²) in [5.74, 6) is -0.193. The average Bonchev–Trinajstić information content (AvgIpc) is 3.26. The van der Waals surface area contributed by atoms with E-state index < -0.39 is 0 Å². The first kappa shape index (κ1) is 27.4. The number of carbonyl (C=O) groups excluding carboxylic acids is 1. The molecule has 1 amide bonds. The molecule has 0 radical (unpaired) electrons. The van der Waals surface area contributed by atoms with Crippen LogP contribution in [-0.2, 0) is 15.6 Å². The van der Waals surface area contributed by atoms with E-state index in [1.807, 2.05) is 6.92 Å². The Hall–Kier alpha value is -1.88. The van der Waals surface area contributed by atoms with Crippen molar-refractivity contribution in [1.82, 2.24) is 4.98 Å². The van der Waals surface area contributed by atoms with Gasteiger partial charge in [-0.1, -0.05) is 67.0 Å². The number of thiazole rings is 1. The lowest BCUT2D eigenvalue weighted by molar-refractivity contribution is -0.118. The second-order valence-corrected chi connectivity index (χ2v) is 11.4. The third-order valence-corrected chi connectivity index (χ3v) is 7.58. The summed E-state index contributed by atoms with van der Waals surface area (Å²) in [7, 11) is 0. The zero-order valence-corrected chi connectivity index (χ0v) is 22.8. The summed E-state index contributed by atoms with van der Waals surface area (Å²) in [4.78, 5) is 17.4. The lowest BCUT2D eigenvalue weighted by Gasteiger charge is -2.42. The fourth-order valence-corrected chi connectivity index (χ4v) is 5.37. The Morgan fingerprint density at radius 2 is 1.61 bits per heavy atom. The van der Waals surface area contributed by atoms with Crippen molar-refractivity contribution in [3.8, 4) is 11.3 Å². The van der Waals surface area contributed by atoms with Gasteiger partial charge < -0.3 is 10.6 Å². The van der Waals surface area contributed by atoms with Crippen LogP contribution in [0.15, 0.2) is 23.6 Å². The van der Waals surface area contributed by atoms with Gasteiger partial charge in [0, 0.05) is 30.5 Å². The number of anilines is 1. The normalized spacial score (nSPS) is 15.8. The minimum absolute atomic E-state index is 0.193. The van der Waals surface area contributed by atoms with Gasteiger partial charge in [0.05, 0.1) is 5.69 Å². The van der Waals surface area contributed by atoms with Gasteiger partial charge in [0.15, 0.2) is 5.13 Å². The van der Waals surface area contributed by atoms with Crippen LogP contribution in [0.2, 0.25) is 0 Å². The van der Waals surface area contributed by atoms with Gasteiger partial charge in [0.2, 0.25) is 5.91 Å². The summed E-state index contributed by atoms with van der Waals surface area (Å²) >= 11 is 1.78. The fraction of sp³-hybridized carbons (Fsp3) is 0.643. The van der Waals surface area contributed by atoms with Crippen molar-refractivity contribution < 1.29 is 4.79 Å². The number of unbranched alkanes of at least 4 members (excludes halogenated alkanes) is 1. The van der Waals surface area contributed by atoms with E-state index >= 15 is 0 Å². The molecule has 0 unspecified atom stereocenters. The summed E-state index contributed by atoms with van der Waals surface area (Å²) in [5, 5.41) is 3.40. The largest absolute Gasteiger partial charge is 0.370 e. The molecule has 4 nitrogen and oxygen atoms in total. The molecule has 184 valence electrons. The second kappa shape index (κ2) is 12.0. The predicted octanol–water partition coefficient (Wildman–Crippen LogP) is 7.45. The number of hydrogen-bond donors (Lipinski definition) is 1. The molecule has 5 heteroatoms. The van der Waals surface area contributed by atoms with Crippen LogP contribution in [0.5, 0.6) is 0 Å². The predicted molar refractivity (Wildman–Crippen MR) is 144 cm³/mol. The molecule has 1 aliphatic carbocycles. The van der Waals surface area contributed by atoms with Crippen LogP contribution < -0.4 is 10.6 Å². The number of aromatic nitrogens is 1. The van der Waals surface area contributed by atoms with Gasteiger partial charge in [0.1, 0.15) is 0 Å². The number of carbonyl (C=O) groups is 1. The standard InChI is InChI=1S/C23H34N2S.C5H11NO/c1-7-13-25(14-8-2)21-24-20(16-26-21)17-9-10-18-19(15-17)23(5,6)12-11-22(18,3)4;1-2-3-4-5(6)7/h9-10,15-16H,7-8,11-14H2,1-6H3;2-4H2,1H3,(H2,6,7). The lowest BCUT2D eigenvalue weighted by Crippen LogP contribution is -2.33. The third-order valence-electron chi connectivity index (χ3n) is 6.67. The van der Waals surface area contributed by atoms with Crippen LogP contribution in [0.1, 0.15) is 105 Å². The highest BCUT2D eigenvalue weighted by molar-refractivity contribution is 7.14. The zero-order chi connectivity index (χ0) is 24.6. The molecule has 1 aromatic carbocycles. The Morgan fingerprint density at radius 3 is 2.12 bits per heavy atom.